The van der Waals surface area contributed by atoms with Crippen LogP contribution < -0.4 is 0 Å². The van der Waals surface area contributed by atoms with Gasteiger partial charge in [0.25, 0.3) is 0 Å². The molecule has 0 aliphatic heterocycles. The highest BCUT2D eigenvalue weighted by atomic mass is 31.2. The van der Waals surface area contributed by atoms with Gasteiger partial charge in [-0.2, -0.15) is 0 Å². The third-order valence-corrected chi connectivity index (χ3v) is 9.13. The molecule has 0 aromatic rings. The molecule has 0 N–H and O–H groups in total. The molecule has 0 saturated heterocycles. The van der Waals surface area contributed by atoms with E-state index in [9.17, 15) is 0 Å². The Bertz CT molecular complexity index is 227. The SMILES string of the molecule is C=P(C1CCCC1)(N(CC)CC)N(CC)CC. The summed E-state index contributed by atoms with van der Waals surface area (Å²) in [5.74, 6) is 0. The number of hydrogen-bond donors (Lipinski definition) is 0. The second-order valence-corrected chi connectivity index (χ2v) is 8.44. The largest absolute Gasteiger partial charge is 0.273 e. The number of hydrogen-bond acceptors (Lipinski definition) is 2. The van der Waals surface area contributed by atoms with E-state index >= 15 is 0 Å². The molecule has 0 aromatic carbocycles. The molecule has 2 nitrogen and oxygen atoms in total. The summed E-state index contributed by atoms with van der Waals surface area (Å²) in [7, 11) is -1.32. The molecule has 0 bridgehead atoms. The number of nitrogens with zero attached hydrogens (tertiary/aromatic N) is 2. The summed E-state index contributed by atoms with van der Waals surface area (Å²) in [5, 5.41) is 0. The van der Waals surface area contributed by atoms with Crippen molar-refractivity contribution in [1.82, 2.24) is 9.34 Å². The Labute approximate surface area is 108 Å². The van der Waals surface area contributed by atoms with Gasteiger partial charge in [-0.05, 0) is 12.8 Å². The normalized spacial score (nSPS) is 18.5. The molecule has 0 unspecified atom stereocenters. The van der Waals surface area contributed by atoms with Crippen LogP contribution in [0.1, 0.15) is 53.4 Å². The van der Waals surface area contributed by atoms with Gasteiger partial charge in [-0.1, -0.05) is 46.8 Å². The van der Waals surface area contributed by atoms with Crippen LogP contribution in [-0.4, -0.2) is 47.5 Å². The van der Waals surface area contributed by atoms with Crippen LogP contribution in [0.25, 0.3) is 0 Å². The zero-order valence-electron chi connectivity index (χ0n) is 12.3. The predicted molar refractivity (Wildman–Crippen MR) is 82.1 cm³/mol. The van der Waals surface area contributed by atoms with Gasteiger partial charge in [0.2, 0.25) is 0 Å². The van der Waals surface area contributed by atoms with Gasteiger partial charge in [0, 0.05) is 39.0 Å². The van der Waals surface area contributed by atoms with E-state index in [0.29, 0.717) is 0 Å². The monoisotopic (exact) mass is 258 g/mol. The van der Waals surface area contributed by atoms with Crippen molar-refractivity contribution in [1.29, 1.82) is 0 Å². The van der Waals surface area contributed by atoms with Crippen molar-refractivity contribution in [3.05, 3.63) is 0 Å². The van der Waals surface area contributed by atoms with Gasteiger partial charge < -0.3 is 0 Å². The first-order valence-corrected chi connectivity index (χ1v) is 9.33. The van der Waals surface area contributed by atoms with Crippen molar-refractivity contribution in [2.45, 2.75) is 59.0 Å². The molecule has 0 spiro atoms. The van der Waals surface area contributed by atoms with Gasteiger partial charge in [-0.3, -0.25) is 9.34 Å². The van der Waals surface area contributed by atoms with Crippen LogP contribution >= 0.6 is 7.19 Å². The summed E-state index contributed by atoms with van der Waals surface area (Å²) in [6.07, 6.45) is 10.5. The van der Waals surface area contributed by atoms with E-state index in [1.54, 1.807) is 0 Å². The minimum absolute atomic E-state index is 0.863. The first kappa shape index (κ1) is 15.3. The second kappa shape index (κ2) is 6.97. The summed E-state index contributed by atoms with van der Waals surface area (Å²) in [5.41, 5.74) is 0.863. The van der Waals surface area contributed by atoms with E-state index in [1.807, 2.05) is 0 Å². The molecule has 1 aliphatic carbocycles. The third-order valence-electron chi connectivity index (χ3n) is 4.35. The van der Waals surface area contributed by atoms with Crippen LogP contribution in [0.4, 0.5) is 0 Å². The Morgan fingerprint density at radius 1 is 0.882 bits per heavy atom. The first-order chi connectivity index (χ1) is 8.14. The molecule has 0 amide bonds. The van der Waals surface area contributed by atoms with Crippen molar-refractivity contribution >= 4 is 13.5 Å². The minimum atomic E-state index is -1.32. The Balaban J connectivity index is 3.01. The maximum atomic E-state index is 4.80. The molecule has 1 rings (SSSR count). The van der Waals surface area contributed by atoms with Gasteiger partial charge in [0.15, 0.2) is 0 Å². The molecule has 0 heterocycles. The van der Waals surface area contributed by atoms with Gasteiger partial charge in [-0.15, -0.1) is 0 Å². The summed E-state index contributed by atoms with van der Waals surface area (Å²) < 4.78 is 5.35. The lowest BCUT2D eigenvalue weighted by Gasteiger charge is -2.47. The fraction of sp³-hybridized carbons (Fsp3) is 0.929. The molecular formula is C14H31N2P. The highest BCUT2D eigenvalue weighted by molar-refractivity contribution is 7.69. The van der Waals surface area contributed by atoms with E-state index in [2.05, 4.69) is 37.0 Å². The fourth-order valence-corrected chi connectivity index (χ4v) is 7.82. The van der Waals surface area contributed by atoms with E-state index in [-0.39, 0.29) is 0 Å². The van der Waals surface area contributed by atoms with E-state index < -0.39 is 7.19 Å². The van der Waals surface area contributed by atoms with Crippen molar-refractivity contribution in [3.63, 3.8) is 0 Å². The zero-order valence-corrected chi connectivity index (χ0v) is 13.2. The average molecular weight is 258 g/mol. The Morgan fingerprint density at radius 2 is 1.24 bits per heavy atom. The lowest BCUT2D eigenvalue weighted by atomic mass is 10.4. The van der Waals surface area contributed by atoms with E-state index in [0.717, 1.165) is 31.8 Å². The van der Waals surface area contributed by atoms with Gasteiger partial charge in [-0.25, -0.2) is 0 Å². The molecule has 0 radical (unpaired) electrons. The molecule has 1 saturated carbocycles. The highest BCUT2D eigenvalue weighted by Crippen LogP contribution is 2.60. The third kappa shape index (κ3) is 2.97. The van der Waals surface area contributed by atoms with Crippen LogP contribution in [0, 0.1) is 0 Å². The van der Waals surface area contributed by atoms with Crippen LogP contribution in [0.15, 0.2) is 0 Å². The molecule has 1 aliphatic rings. The van der Waals surface area contributed by atoms with E-state index in [4.69, 9.17) is 6.30 Å². The van der Waals surface area contributed by atoms with Crippen LogP contribution in [0.2, 0.25) is 0 Å². The second-order valence-electron chi connectivity index (χ2n) is 5.00. The summed E-state index contributed by atoms with van der Waals surface area (Å²) in [6.45, 7) is 13.8. The van der Waals surface area contributed by atoms with Gasteiger partial charge >= 0.3 is 0 Å². The van der Waals surface area contributed by atoms with E-state index in [1.165, 1.54) is 25.7 Å². The standard InChI is InChI=1S/C14H31N2P/c1-6-15(7-2)17(5,16(8-3)9-4)14-12-10-11-13-14/h14H,5-13H2,1-4H3. The molecular weight excluding hydrogens is 227 g/mol. The molecule has 102 valence electrons. The van der Waals surface area contributed by atoms with Gasteiger partial charge in [0.1, 0.15) is 0 Å². The van der Waals surface area contributed by atoms with Crippen LogP contribution in [-0.2, 0) is 0 Å². The van der Waals surface area contributed by atoms with Crippen molar-refractivity contribution < 1.29 is 0 Å². The summed E-state index contributed by atoms with van der Waals surface area (Å²) >= 11 is 0. The number of rotatable bonds is 7. The zero-order chi connectivity index (χ0) is 12.9. The topological polar surface area (TPSA) is 6.48 Å². The summed E-state index contributed by atoms with van der Waals surface area (Å²) in [6, 6.07) is 0. The van der Waals surface area contributed by atoms with Crippen molar-refractivity contribution in [2.75, 3.05) is 26.2 Å². The summed E-state index contributed by atoms with van der Waals surface area (Å²) in [4.78, 5) is 0. The molecule has 0 atom stereocenters. The fourth-order valence-electron chi connectivity index (χ4n) is 3.39. The quantitative estimate of drug-likeness (QED) is 0.639. The average Bonchev–Trinajstić information content (AvgIpc) is 2.86. The molecule has 0 aromatic heterocycles. The minimum Gasteiger partial charge on any atom is -0.273 e. The highest BCUT2D eigenvalue weighted by Gasteiger charge is 2.36. The Morgan fingerprint density at radius 3 is 1.53 bits per heavy atom. The first-order valence-electron chi connectivity index (χ1n) is 7.38. The van der Waals surface area contributed by atoms with Crippen molar-refractivity contribution in [2.24, 2.45) is 0 Å². The maximum Gasteiger partial charge on any atom is 0.0114 e. The molecule has 17 heavy (non-hydrogen) atoms. The van der Waals surface area contributed by atoms with Crippen LogP contribution in [0.3, 0.4) is 0 Å². The Hall–Kier alpha value is 0.220. The maximum absolute atomic E-state index is 4.80. The smallest absolute Gasteiger partial charge is 0.0114 e. The Kier molecular flexibility index (Phi) is 6.26. The van der Waals surface area contributed by atoms with Crippen LogP contribution in [0.5, 0.6) is 0 Å². The lowest BCUT2D eigenvalue weighted by molar-refractivity contribution is 0.410. The predicted octanol–water partition coefficient (Wildman–Crippen LogP) is 3.89. The molecule has 3 heteroatoms. The lowest BCUT2D eigenvalue weighted by Crippen LogP contribution is -2.36. The molecule has 1 fully saturated rings. The van der Waals surface area contributed by atoms with Gasteiger partial charge in [0.05, 0.1) is 0 Å². The van der Waals surface area contributed by atoms with Crippen molar-refractivity contribution in [3.8, 4) is 0 Å².